The van der Waals surface area contributed by atoms with E-state index < -0.39 is 0 Å². The number of anilines is 1. The van der Waals surface area contributed by atoms with E-state index in [0.717, 1.165) is 22.4 Å². The summed E-state index contributed by atoms with van der Waals surface area (Å²) in [4.78, 5) is 23.9. The summed E-state index contributed by atoms with van der Waals surface area (Å²) in [5.74, 6) is 0.171. The van der Waals surface area contributed by atoms with E-state index in [4.69, 9.17) is 4.74 Å². The zero-order valence-corrected chi connectivity index (χ0v) is 15.9. The molecule has 6 nitrogen and oxygen atoms in total. The Bertz CT molecular complexity index is 831. The first kappa shape index (κ1) is 20.2. The Kier molecular flexibility index (Phi) is 7.55. The number of hydrogen-bond donors (Lipinski definition) is 2. The minimum Gasteiger partial charge on any atom is -0.493 e. The predicted octanol–water partition coefficient (Wildman–Crippen LogP) is 3.57. The number of carbonyl (C=O) groups is 2. The van der Waals surface area contributed by atoms with Crippen LogP contribution >= 0.6 is 0 Å². The van der Waals surface area contributed by atoms with Gasteiger partial charge in [-0.2, -0.15) is 5.10 Å². The molecule has 6 heteroatoms. The molecule has 0 spiro atoms. The number of nitrogens with zero attached hydrogens (tertiary/aromatic N) is 1. The van der Waals surface area contributed by atoms with Gasteiger partial charge in [0, 0.05) is 24.1 Å². The average Bonchev–Trinajstić information content (AvgIpc) is 2.64. The van der Waals surface area contributed by atoms with Crippen molar-refractivity contribution >= 4 is 23.7 Å². The summed E-state index contributed by atoms with van der Waals surface area (Å²) in [6.07, 6.45) is 1.67. The largest absolute Gasteiger partial charge is 0.493 e. The van der Waals surface area contributed by atoms with Gasteiger partial charge >= 0.3 is 0 Å². The summed E-state index contributed by atoms with van der Waals surface area (Å²) in [5, 5.41) is 6.76. The molecule has 0 radical (unpaired) electrons. The Balaban J connectivity index is 1.80. The molecular weight excluding hydrogens is 342 g/mol. The van der Waals surface area contributed by atoms with Gasteiger partial charge in [-0.3, -0.25) is 9.59 Å². The normalized spacial score (nSPS) is 10.6. The van der Waals surface area contributed by atoms with E-state index in [9.17, 15) is 9.59 Å². The van der Waals surface area contributed by atoms with E-state index in [1.165, 1.54) is 6.21 Å². The molecule has 0 aromatic heterocycles. The minimum atomic E-state index is -0.323. The van der Waals surface area contributed by atoms with Crippen molar-refractivity contribution in [1.82, 2.24) is 5.43 Å². The number of nitrogens with one attached hydrogen (secondary N) is 2. The summed E-state index contributed by atoms with van der Waals surface area (Å²) in [5.41, 5.74) is 6.09. The van der Waals surface area contributed by atoms with Crippen LogP contribution in [0.5, 0.6) is 5.75 Å². The summed E-state index contributed by atoms with van der Waals surface area (Å²) < 4.78 is 5.49. The third-order valence-electron chi connectivity index (χ3n) is 3.85. The highest BCUT2D eigenvalue weighted by Crippen LogP contribution is 2.17. The zero-order chi connectivity index (χ0) is 19.6. The molecule has 142 valence electrons. The number of amides is 2. The molecule has 0 atom stereocenters. The van der Waals surface area contributed by atoms with Gasteiger partial charge in [0.15, 0.2) is 0 Å². The first-order valence-corrected chi connectivity index (χ1v) is 8.90. The van der Waals surface area contributed by atoms with Crippen LogP contribution in [-0.4, -0.2) is 24.6 Å². The predicted molar refractivity (Wildman–Crippen MR) is 107 cm³/mol. The van der Waals surface area contributed by atoms with Gasteiger partial charge in [-0.05, 0) is 44.5 Å². The maximum Gasteiger partial charge on any atom is 0.240 e. The lowest BCUT2D eigenvalue weighted by atomic mass is 10.1. The van der Waals surface area contributed by atoms with Crippen molar-refractivity contribution in [3.05, 3.63) is 59.2 Å². The van der Waals surface area contributed by atoms with Crippen molar-refractivity contribution in [3.63, 3.8) is 0 Å². The summed E-state index contributed by atoms with van der Waals surface area (Å²) in [6.45, 7) is 6.38. The molecule has 2 rings (SSSR count). The quantitative estimate of drug-likeness (QED) is 0.553. The Hall–Kier alpha value is -3.15. The van der Waals surface area contributed by atoms with E-state index in [2.05, 4.69) is 15.8 Å². The van der Waals surface area contributed by atoms with Crippen LogP contribution in [0, 0.1) is 13.8 Å². The van der Waals surface area contributed by atoms with Crippen LogP contribution in [-0.2, 0) is 9.59 Å². The molecule has 2 aromatic rings. The molecule has 0 saturated heterocycles. The molecule has 27 heavy (non-hydrogen) atoms. The monoisotopic (exact) mass is 367 g/mol. The molecule has 0 aliphatic heterocycles. The smallest absolute Gasteiger partial charge is 0.240 e. The molecule has 0 saturated carbocycles. The fourth-order valence-corrected chi connectivity index (χ4v) is 2.50. The molecule has 0 unspecified atom stereocenters. The van der Waals surface area contributed by atoms with Crippen LogP contribution in [0.25, 0.3) is 0 Å². The number of carbonyl (C=O) groups excluding carboxylic acids is 2. The second-order valence-corrected chi connectivity index (χ2v) is 6.13. The first-order chi connectivity index (χ1) is 13.0. The van der Waals surface area contributed by atoms with Gasteiger partial charge in [-0.25, -0.2) is 5.43 Å². The van der Waals surface area contributed by atoms with E-state index in [0.29, 0.717) is 12.4 Å². The van der Waals surface area contributed by atoms with Crippen molar-refractivity contribution in [2.24, 2.45) is 5.10 Å². The Morgan fingerprint density at radius 2 is 1.81 bits per heavy atom. The summed E-state index contributed by atoms with van der Waals surface area (Å²) in [6, 6.07) is 13.2. The van der Waals surface area contributed by atoms with Crippen LogP contribution in [0.1, 0.15) is 36.5 Å². The van der Waals surface area contributed by atoms with Crippen LogP contribution in [0.3, 0.4) is 0 Å². The standard InChI is InChI=1S/C21H25N3O3/c1-4-27-19-8-6-5-7-17(19)14-22-24-21(26)12-11-20(25)23-18-10-9-15(2)13-16(18)3/h5-10,13-14H,4,11-12H2,1-3H3,(H,23,25)(H,24,26)/b22-14-. The molecule has 2 aromatic carbocycles. The van der Waals surface area contributed by atoms with Crippen LogP contribution in [0.4, 0.5) is 5.69 Å². The minimum absolute atomic E-state index is 0.0567. The molecule has 0 heterocycles. The van der Waals surface area contributed by atoms with Crippen molar-refractivity contribution in [3.8, 4) is 5.75 Å². The number of para-hydroxylation sites is 1. The van der Waals surface area contributed by atoms with E-state index >= 15 is 0 Å². The molecule has 2 amide bonds. The Morgan fingerprint density at radius 3 is 2.56 bits per heavy atom. The van der Waals surface area contributed by atoms with Gasteiger partial charge in [-0.1, -0.05) is 29.8 Å². The van der Waals surface area contributed by atoms with Crippen LogP contribution < -0.4 is 15.5 Å². The SMILES string of the molecule is CCOc1ccccc1/C=N\NC(=O)CCC(=O)Nc1ccc(C)cc1C. The number of rotatable bonds is 8. The lowest BCUT2D eigenvalue weighted by Crippen LogP contribution is -2.21. The molecular formula is C21H25N3O3. The van der Waals surface area contributed by atoms with Crippen molar-refractivity contribution in [2.45, 2.75) is 33.6 Å². The molecule has 0 aliphatic carbocycles. The average molecular weight is 367 g/mol. The molecule has 0 bridgehead atoms. The third kappa shape index (κ3) is 6.58. The third-order valence-corrected chi connectivity index (χ3v) is 3.85. The number of benzene rings is 2. The van der Waals surface area contributed by atoms with Crippen molar-refractivity contribution < 1.29 is 14.3 Å². The van der Waals surface area contributed by atoms with E-state index in [-0.39, 0.29) is 24.7 Å². The van der Waals surface area contributed by atoms with Gasteiger partial charge in [0.05, 0.1) is 12.8 Å². The van der Waals surface area contributed by atoms with Gasteiger partial charge in [0.2, 0.25) is 11.8 Å². The van der Waals surface area contributed by atoms with Crippen molar-refractivity contribution in [2.75, 3.05) is 11.9 Å². The number of hydrazone groups is 1. The van der Waals surface area contributed by atoms with E-state index in [1.54, 1.807) is 0 Å². The number of ether oxygens (including phenoxy) is 1. The lowest BCUT2D eigenvalue weighted by molar-refractivity contribution is -0.124. The first-order valence-electron chi connectivity index (χ1n) is 8.90. The van der Waals surface area contributed by atoms with Gasteiger partial charge < -0.3 is 10.1 Å². The summed E-state index contributed by atoms with van der Waals surface area (Å²) in [7, 11) is 0. The highest BCUT2D eigenvalue weighted by molar-refractivity contribution is 5.94. The number of aryl methyl sites for hydroxylation is 2. The second kappa shape index (κ2) is 10.1. The molecule has 0 fully saturated rings. The maximum atomic E-state index is 12.0. The molecule has 2 N–H and O–H groups in total. The van der Waals surface area contributed by atoms with Crippen LogP contribution in [0.15, 0.2) is 47.6 Å². The Morgan fingerprint density at radius 1 is 1.07 bits per heavy atom. The highest BCUT2D eigenvalue weighted by atomic mass is 16.5. The van der Waals surface area contributed by atoms with Crippen molar-refractivity contribution in [1.29, 1.82) is 0 Å². The zero-order valence-electron chi connectivity index (χ0n) is 15.9. The second-order valence-electron chi connectivity index (χ2n) is 6.13. The fraction of sp³-hybridized carbons (Fsp3) is 0.286. The number of hydrogen-bond acceptors (Lipinski definition) is 4. The van der Waals surface area contributed by atoms with Gasteiger partial charge in [0.1, 0.15) is 5.75 Å². The highest BCUT2D eigenvalue weighted by Gasteiger charge is 2.08. The van der Waals surface area contributed by atoms with Gasteiger partial charge in [0.25, 0.3) is 0 Å². The topological polar surface area (TPSA) is 79.8 Å². The molecule has 0 aliphatic rings. The fourth-order valence-electron chi connectivity index (χ4n) is 2.50. The lowest BCUT2D eigenvalue weighted by Gasteiger charge is -2.09. The van der Waals surface area contributed by atoms with E-state index in [1.807, 2.05) is 63.2 Å². The Labute approximate surface area is 159 Å². The van der Waals surface area contributed by atoms with Gasteiger partial charge in [-0.15, -0.1) is 0 Å². The summed E-state index contributed by atoms with van der Waals surface area (Å²) >= 11 is 0. The van der Waals surface area contributed by atoms with Crippen LogP contribution in [0.2, 0.25) is 0 Å². The maximum absolute atomic E-state index is 12.0.